The Bertz CT molecular complexity index is 202. The molecular formula is C12H23NO3. The van der Waals surface area contributed by atoms with Gasteiger partial charge in [-0.15, -0.1) is 0 Å². The smallest absolute Gasteiger partial charge is 0.228 e. The van der Waals surface area contributed by atoms with E-state index in [1.54, 1.807) is 4.90 Å². The van der Waals surface area contributed by atoms with Gasteiger partial charge in [0.25, 0.3) is 0 Å². The molecule has 1 unspecified atom stereocenters. The number of carbonyl (C=O) groups excluding carboxylic acids is 1. The summed E-state index contributed by atoms with van der Waals surface area (Å²) in [6.45, 7) is 4.68. The van der Waals surface area contributed by atoms with Crippen LogP contribution in [-0.4, -0.2) is 48.8 Å². The Morgan fingerprint density at radius 3 is 2.88 bits per heavy atom. The number of rotatable bonds is 6. The van der Waals surface area contributed by atoms with Crippen LogP contribution in [0.15, 0.2) is 0 Å². The van der Waals surface area contributed by atoms with Crippen molar-refractivity contribution in [3.05, 3.63) is 0 Å². The molecule has 0 aliphatic carbocycles. The van der Waals surface area contributed by atoms with Gasteiger partial charge in [0, 0.05) is 19.7 Å². The molecule has 0 aromatic heterocycles. The van der Waals surface area contributed by atoms with Gasteiger partial charge in [-0.1, -0.05) is 13.3 Å². The second-order valence-electron chi connectivity index (χ2n) is 4.32. The van der Waals surface area contributed by atoms with Crippen molar-refractivity contribution in [1.82, 2.24) is 4.90 Å². The summed E-state index contributed by atoms with van der Waals surface area (Å²) in [6, 6.07) is 0. The lowest BCUT2D eigenvalue weighted by atomic mass is 10.0. The standard InChI is InChI=1S/C12H23NO3/c1-2-3-6-13(7-8-14)12(15)11-5-4-9-16-10-11/h11,14H,2-10H2,1H3. The summed E-state index contributed by atoms with van der Waals surface area (Å²) in [5.74, 6) is 0.166. The lowest BCUT2D eigenvalue weighted by Crippen LogP contribution is -2.41. The molecule has 1 amide bonds. The quantitative estimate of drug-likeness (QED) is 0.740. The largest absolute Gasteiger partial charge is 0.395 e. The van der Waals surface area contributed by atoms with Crippen LogP contribution in [0.25, 0.3) is 0 Å². The van der Waals surface area contributed by atoms with Gasteiger partial charge in [0.15, 0.2) is 0 Å². The third kappa shape index (κ3) is 4.10. The molecule has 4 nitrogen and oxygen atoms in total. The Hall–Kier alpha value is -0.610. The topological polar surface area (TPSA) is 49.8 Å². The average molecular weight is 229 g/mol. The van der Waals surface area contributed by atoms with E-state index >= 15 is 0 Å². The number of nitrogens with zero attached hydrogens (tertiary/aromatic N) is 1. The van der Waals surface area contributed by atoms with Crippen LogP contribution in [-0.2, 0) is 9.53 Å². The van der Waals surface area contributed by atoms with E-state index in [9.17, 15) is 4.79 Å². The summed E-state index contributed by atoms with van der Waals surface area (Å²) < 4.78 is 5.33. The molecule has 0 radical (unpaired) electrons. The summed E-state index contributed by atoms with van der Waals surface area (Å²) >= 11 is 0. The number of hydrogen-bond donors (Lipinski definition) is 1. The minimum absolute atomic E-state index is 0.0113. The third-order valence-electron chi connectivity index (χ3n) is 2.97. The Morgan fingerprint density at radius 2 is 2.31 bits per heavy atom. The van der Waals surface area contributed by atoms with Crippen molar-refractivity contribution in [1.29, 1.82) is 0 Å². The van der Waals surface area contributed by atoms with Crippen LogP contribution in [0, 0.1) is 5.92 Å². The zero-order chi connectivity index (χ0) is 11.8. The highest BCUT2D eigenvalue weighted by molar-refractivity contribution is 5.79. The second-order valence-corrected chi connectivity index (χ2v) is 4.32. The molecule has 1 fully saturated rings. The van der Waals surface area contributed by atoms with Gasteiger partial charge in [-0.25, -0.2) is 0 Å². The molecule has 0 aromatic carbocycles. The molecule has 4 heteroatoms. The minimum atomic E-state index is 0.0113. The van der Waals surface area contributed by atoms with E-state index in [0.717, 1.165) is 38.8 Å². The molecule has 1 saturated heterocycles. The normalized spacial score (nSPS) is 20.8. The van der Waals surface area contributed by atoms with Gasteiger partial charge in [-0.05, 0) is 19.3 Å². The first-order valence-corrected chi connectivity index (χ1v) is 6.27. The molecule has 0 spiro atoms. The van der Waals surface area contributed by atoms with E-state index in [4.69, 9.17) is 9.84 Å². The minimum Gasteiger partial charge on any atom is -0.395 e. The predicted molar refractivity (Wildman–Crippen MR) is 62.1 cm³/mol. The Kier molecular flexibility index (Phi) is 6.42. The van der Waals surface area contributed by atoms with Crippen molar-refractivity contribution in [2.24, 2.45) is 5.92 Å². The highest BCUT2D eigenvalue weighted by Gasteiger charge is 2.25. The Balaban J connectivity index is 2.44. The van der Waals surface area contributed by atoms with Crippen molar-refractivity contribution < 1.29 is 14.6 Å². The number of carbonyl (C=O) groups is 1. The fourth-order valence-corrected chi connectivity index (χ4v) is 2.00. The molecular weight excluding hydrogens is 206 g/mol. The maximum Gasteiger partial charge on any atom is 0.228 e. The molecule has 16 heavy (non-hydrogen) atoms. The molecule has 1 aliphatic rings. The first kappa shape index (κ1) is 13.5. The molecule has 1 aliphatic heterocycles. The monoisotopic (exact) mass is 229 g/mol. The maximum atomic E-state index is 12.1. The summed E-state index contributed by atoms with van der Waals surface area (Å²) in [6.07, 6.45) is 3.96. The first-order valence-electron chi connectivity index (χ1n) is 6.27. The SMILES string of the molecule is CCCCN(CCO)C(=O)C1CCCOC1. The van der Waals surface area contributed by atoms with Gasteiger partial charge in [0.05, 0.1) is 19.1 Å². The van der Waals surface area contributed by atoms with Gasteiger partial charge in [-0.3, -0.25) is 4.79 Å². The van der Waals surface area contributed by atoms with E-state index in [0.29, 0.717) is 13.2 Å². The zero-order valence-electron chi connectivity index (χ0n) is 10.2. The lowest BCUT2D eigenvalue weighted by Gasteiger charge is -2.28. The lowest BCUT2D eigenvalue weighted by molar-refractivity contribution is -0.140. The van der Waals surface area contributed by atoms with E-state index < -0.39 is 0 Å². The molecule has 0 bridgehead atoms. The van der Waals surface area contributed by atoms with Crippen LogP contribution in [0.3, 0.4) is 0 Å². The van der Waals surface area contributed by atoms with E-state index in [-0.39, 0.29) is 18.4 Å². The number of hydrogen-bond acceptors (Lipinski definition) is 3. The van der Waals surface area contributed by atoms with Crippen LogP contribution in [0.5, 0.6) is 0 Å². The van der Waals surface area contributed by atoms with Crippen LogP contribution in [0.1, 0.15) is 32.6 Å². The Morgan fingerprint density at radius 1 is 1.50 bits per heavy atom. The summed E-state index contributed by atoms with van der Waals surface area (Å²) in [5, 5.41) is 8.96. The van der Waals surface area contributed by atoms with Crippen molar-refractivity contribution in [2.45, 2.75) is 32.6 Å². The molecule has 1 atom stereocenters. The number of aliphatic hydroxyl groups excluding tert-OH is 1. The fraction of sp³-hybridized carbons (Fsp3) is 0.917. The van der Waals surface area contributed by atoms with Crippen LogP contribution in [0.4, 0.5) is 0 Å². The fourth-order valence-electron chi connectivity index (χ4n) is 2.00. The number of ether oxygens (including phenoxy) is 1. The van der Waals surface area contributed by atoms with E-state index in [1.165, 1.54) is 0 Å². The third-order valence-corrected chi connectivity index (χ3v) is 2.97. The Labute approximate surface area is 97.6 Å². The molecule has 1 N–H and O–H groups in total. The predicted octanol–water partition coefficient (Wildman–Crippen LogP) is 1.03. The highest BCUT2D eigenvalue weighted by atomic mass is 16.5. The molecule has 1 heterocycles. The molecule has 0 saturated carbocycles. The van der Waals surface area contributed by atoms with Crippen molar-refractivity contribution >= 4 is 5.91 Å². The van der Waals surface area contributed by atoms with Crippen LogP contribution < -0.4 is 0 Å². The van der Waals surface area contributed by atoms with Crippen molar-refractivity contribution in [3.63, 3.8) is 0 Å². The molecule has 94 valence electrons. The summed E-state index contributed by atoms with van der Waals surface area (Å²) in [4.78, 5) is 13.9. The molecule has 1 rings (SSSR count). The van der Waals surface area contributed by atoms with Gasteiger partial charge in [-0.2, -0.15) is 0 Å². The van der Waals surface area contributed by atoms with Gasteiger partial charge in [0.2, 0.25) is 5.91 Å². The van der Waals surface area contributed by atoms with Crippen molar-refractivity contribution in [2.75, 3.05) is 32.9 Å². The maximum absolute atomic E-state index is 12.1. The van der Waals surface area contributed by atoms with Crippen molar-refractivity contribution in [3.8, 4) is 0 Å². The zero-order valence-corrected chi connectivity index (χ0v) is 10.2. The van der Waals surface area contributed by atoms with Gasteiger partial charge < -0.3 is 14.7 Å². The second kappa shape index (κ2) is 7.63. The highest BCUT2D eigenvalue weighted by Crippen LogP contribution is 2.16. The van der Waals surface area contributed by atoms with Crippen LogP contribution >= 0.6 is 0 Å². The van der Waals surface area contributed by atoms with Gasteiger partial charge >= 0.3 is 0 Å². The van der Waals surface area contributed by atoms with E-state index in [1.807, 2.05) is 0 Å². The summed E-state index contributed by atoms with van der Waals surface area (Å²) in [5.41, 5.74) is 0. The number of aliphatic hydroxyl groups is 1. The van der Waals surface area contributed by atoms with Gasteiger partial charge in [0.1, 0.15) is 0 Å². The number of unbranched alkanes of at least 4 members (excludes halogenated alkanes) is 1. The number of amides is 1. The van der Waals surface area contributed by atoms with Crippen LogP contribution in [0.2, 0.25) is 0 Å². The first-order chi connectivity index (χ1) is 7.79. The molecule has 0 aromatic rings. The summed E-state index contributed by atoms with van der Waals surface area (Å²) in [7, 11) is 0. The average Bonchev–Trinajstić information content (AvgIpc) is 2.35. The van der Waals surface area contributed by atoms with E-state index in [2.05, 4.69) is 6.92 Å².